The van der Waals surface area contributed by atoms with Crippen molar-refractivity contribution in [1.82, 2.24) is 0 Å². The van der Waals surface area contributed by atoms with Gasteiger partial charge < -0.3 is 0 Å². The standard InChI is InChI=1S/C11H12N2O2/c14-13(15)11-4-2-1-3-10(11)9-5-7-12-8-6-9/h1-4,7,9H,5-6,8H2. The van der Waals surface area contributed by atoms with Crippen molar-refractivity contribution in [3.05, 3.63) is 39.9 Å². The van der Waals surface area contributed by atoms with Gasteiger partial charge in [-0.05, 0) is 25.0 Å². The van der Waals surface area contributed by atoms with E-state index in [2.05, 4.69) is 4.99 Å². The summed E-state index contributed by atoms with van der Waals surface area (Å²) < 4.78 is 0. The van der Waals surface area contributed by atoms with E-state index in [1.165, 1.54) is 0 Å². The monoisotopic (exact) mass is 204 g/mol. The van der Waals surface area contributed by atoms with E-state index in [4.69, 9.17) is 0 Å². The summed E-state index contributed by atoms with van der Waals surface area (Å²) in [7, 11) is 0. The van der Waals surface area contributed by atoms with Crippen molar-refractivity contribution in [2.75, 3.05) is 6.54 Å². The predicted molar refractivity (Wildman–Crippen MR) is 58.4 cm³/mol. The highest BCUT2D eigenvalue weighted by molar-refractivity contribution is 5.61. The number of nitro benzene ring substituents is 1. The van der Waals surface area contributed by atoms with Gasteiger partial charge in [-0.25, -0.2) is 0 Å². The van der Waals surface area contributed by atoms with Crippen molar-refractivity contribution in [3.8, 4) is 0 Å². The van der Waals surface area contributed by atoms with Gasteiger partial charge in [0, 0.05) is 18.2 Å². The zero-order chi connectivity index (χ0) is 10.7. The van der Waals surface area contributed by atoms with E-state index in [1.54, 1.807) is 12.1 Å². The molecule has 0 spiro atoms. The predicted octanol–water partition coefficient (Wildman–Crippen LogP) is 2.54. The molecule has 1 aromatic rings. The summed E-state index contributed by atoms with van der Waals surface area (Å²) in [5, 5.41) is 10.8. The molecule has 1 unspecified atom stereocenters. The van der Waals surface area contributed by atoms with Crippen LogP contribution in [0.3, 0.4) is 0 Å². The van der Waals surface area contributed by atoms with Crippen LogP contribution in [-0.4, -0.2) is 17.7 Å². The van der Waals surface area contributed by atoms with Gasteiger partial charge in [-0.3, -0.25) is 15.1 Å². The molecule has 0 bridgehead atoms. The van der Waals surface area contributed by atoms with Gasteiger partial charge in [-0.2, -0.15) is 0 Å². The number of aliphatic imine (C=N–C) groups is 1. The number of nitro groups is 1. The molecular formula is C11H12N2O2. The highest BCUT2D eigenvalue weighted by atomic mass is 16.6. The van der Waals surface area contributed by atoms with Gasteiger partial charge in [0.2, 0.25) is 0 Å². The maximum absolute atomic E-state index is 10.8. The Kier molecular flexibility index (Phi) is 2.76. The Morgan fingerprint density at radius 2 is 2.20 bits per heavy atom. The molecular weight excluding hydrogens is 192 g/mol. The average Bonchev–Trinajstić information content (AvgIpc) is 2.30. The molecule has 0 aromatic heterocycles. The Bertz CT molecular complexity index is 401. The number of benzene rings is 1. The number of rotatable bonds is 2. The Morgan fingerprint density at radius 1 is 1.40 bits per heavy atom. The molecule has 0 saturated heterocycles. The molecule has 1 heterocycles. The topological polar surface area (TPSA) is 55.5 Å². The first-order chi connectivity index (χ1) is 7.29. The van der Waals surface area contributed by atoms with Gasteiger partial charge >= 0.3 is 0 Å². The van der Waals surface area contributed by atoms with Gasteiger partial charge in [0.05, 0.1) is 4.92 Å². The van der Waals surface area contributed by atoms with Crippen molar-refractivity contribution in [2.45, 2.75) is 18.8 Å². The molecule has 0 saturated carbocycles. The molecule has 0 aliphatic carbocycles. The normalized spacial score (nSPS) is 20.1. The van der Waals surface area contributed by atoms with E-state index in [0.29, 0.717) is 0 Å². The van der Waals surface area contributed by atoms with E-state index >= 15 is 0 Å². The van der Waals surface area contributed by atoms with Crippen molar-refractivity contribution < 1.29 is 4.92 Å². The smallest absolute Gasteiger partial charge is 0.272 e. The summed E-state index contributed by atoms with van der Waals surface area (Å²) >= 11 is 0. The van der Waals surface area contributed by atoms with Gasteiger partial charge in [0.1, 0.15) is 0 Å². The first-order valence-corrected chi connectivity index (χ1v) is 5.00. The van der Waals surface area contributed by atoms with E-state index in [0.717, 1.165) is 24.9 Å². The Morgan fingerprint density at radius 3 is 2.87 bits per heavy atom. The lowest BCUT2D eigenvalue weighted by molar-refractivity contribution is -0.385. The summed E-state index contributed by atoms with van der Waals surface area (Å²) in [6.07, 6.45) is 3.58. The first kappa shape index (κ1) is 9.83. The molecule has 1 atom stereocenters. The molecule has 0 N–H and O–H groups in total. The number of hydrogen-bond acceptors (Lipinski definition) is 3. The van der Waals surface area contributed by atoms with Crippen molar-refractivity contribution in [1.29, 1.82) is 0 Å². The van der Waals surface area contributed by atoms with Crippen LogP contribution in [0, 0.1) is 10.1 Å². The summed E-state index contributed by atoms with van der Waals surface area (Å²) in [6, 6.07) is 6.98. The second-order valence-corrected chi connectivity index (χ2v) is 3.63. The lowest BCUT2D eigenvalue weighted by Crippen LogP contribution is -2.08. The van der Waals surface area contributed by atoms with Crippen LogP contribution in [0.4, 0.5) is 5.69 Å². The summed E-state index contributed by atoms with van der Waals surface area (Å²) in [5.74, 6) is 0.254. The fraction of sp³-hybridized carbons (Fsp3) is 0.364. The molecule has 78 valence electrons. The number of para-hydroxylation sites is 1. The summed E-state index contributed by atoms with van der Waals surface area (Å²) in [5.41, 5.74) is 1.08. The molecule has 1 aromatic carbocycles. The maximum atomic E-state index is 10.8. The second kappa shape index (κ2) is 4.21. The third kappa shape index (κ3) is 2.03. The molecule has 1 aliphatic heterocycles. The number of hydrogen-bond donors (Lipinski definition) is 0. The molecule has 0 amide bonds. The Labute approximate surface area is 87.8 Å². The second-order valence-electron chi connectivity index (χ2n) is 3.63. The van der Waals surface area contributed by atoms with Gasteiger partial charge in [-0.1, -0.05) is 18.2 Å². The summed E-state index contributed by atoms with van der Waals surface area (Å²) in [4.78, 5) is 14.7. The minimum absolute atomic E-state index is 0.234. The van der Waals surface area contributed by atoms with Crippen molar-refractivity contribution in [3.63, 3.8) is 0 Å². The van der Waals surface area contributed by atoms with Crippen LogP contribution in [0.1, 0.15) is 24.3 Å². The van der Waals surface area contributed by atoms with Gasteiger partial charge in [0.25, 0.3) is 5.69 Å². The van der Waals surface area contributed by atoms with Crippen molar-refractivity contribution >= 4 is 11.9 Å². The lowest BCUT2D eigenvalue weighted by Gasteiger charge is -2.17. The Balaban J connectivity index is 2.34. The van der Waals surface area contributed by atoms with Crippen LogP contribution in [0.15, 0.2) is 29.3 Å². The highest BCUT2D eigenvalue weighted by Crippen LogP contribution is 2.31. The number of nitrogens with zero attached hydrogens (tertiary/aromatic N) is 2. The van der Waals surface area contributed by atoms with Gasteiger partial charge in [-0.15, -0.1) is 0 Å². The fourth-order valence-electron chi connectivity index (χ4n) is 1.92. The molecule has 0 fully saturated rings. The molecule has 1 aliphatic rings. The van der Waals surface area contributed by atoms with Crippen LogP contribution in [0.5, 0.6) is 0 Å². The third-order valence-corrected chi connectivity index (χ3v) is 2.70. The lowest BCUT2D eigenvalue weighted by atomic mass is 9.90. The van der Waals surface area contributed by atoms with E-state index in [9.17, 15) is 10.1 Å². The van der Waals surface area contributed by atoms with Gasteiger partial charge in [0.15, 0.2) is 0 Å². The van der Waals surface area contributed by atoms with Crippen LogP contribution < -0.4 is 0 Å². The zero-order valence-corrected chi connectivity index (χ0v) is 8.30. The SMILES string of the molecule is O=[N+]([O-])c1ccccc1C1CC=NCC1. The first-order valence-electron chi connectivity index (χ1n) is 5.00. The van der Waals surface area contributed by atoms with Crippen molar-refractivity contribution in [2.24, 2.45) is 4.99 Å². The zero-order valence-electron chi connectivity index (χ0n) is 8.30. The van der Waals surface area contributed by atoms with Crippen LogP contribution in [0.2, 0.25) is 0 Å². The average molecular weight is 204 g/mol. The Hall–Kier alpha value is -1.71. The molecule has 4 nitrogen and oxygen atoms in total. The quantitative estimate of drug-likeness (QED) is 0.549. The van der Waals surface area contributed by atoms with Crippen LogP contribution in [0.25, 0.3) is 0 Å². The molecule has 0 radical (unpaired) electrons. The molecule has 15 heavy (non-hydrogen) atoms. The van der Waals surface area contributed by atoms with E-state index in [-0.39, 0.29) is 16.5 Å². The maximum Gasteiger partial charge on any atom is 0.272 e. The largest absolute Gasteiger partial charge is 0.297 e. The minimum atomic E-state index is -0.304. The summed E-state index contributed by atoms with van der Waals surface area (Å²) in [6.45, 7) is 0.775. The highest BCUT2D eigenvalue weighted by Gasteiger charge is 2.21. The fourth-order valence-corrected chi connectivity index (χ4v) is 1.92. The van der Waals surface area contributed by atoms with E-state index < -0.39 is 0 Å². The minimum Gasteiger partial charge on any atom is -0.297 e. The third-order valence-electron chi connectivity index (χ3n) is 2.70. The van der Waals surface area contributed by atoms with Crippen LogP contribution in [-0.2, 0) is 0 Å². The molecule has 4 heteroatoms. The van der Waals surface area contributed by atoms with E-state index in [1.807, 2.05) is 18.3 Å². The molecule has 2 rings (SSSR count). The van der Waals surface area contributed by atoms with Crippen LogP contribution >= 0.6 is 0 Å².